The number of benzene rings is 1. The molecule has 0 fully saturated rings. The molecule has 1 aliphatic rings. The van der Waals surface area contributed by atoms with Crippen LogP contribution in [0.5, 0.6) is 0 Å². The van der Waals surface area contributed by atoms with E-state index in [1.807, 2.05) is 37.4 Å². The molecule has 7 nitrogen and oxygen atoms in total. The topological polar surface area (TPSA) is 83.1 Å². The highest BCUT2D eigenvalue weighted by Gasteiger charge is 2.46. The van der Waals surface area contributed by atoms with E-state index in [4.69, 9.17) is 4.42 Å². The van der Waals surface area contributed by atoms with Crippen LogP contribution in [0.15, 0.2) is 57.0 Å². The first-order chi connectivity index (χ1) is 13.2. The fourth-order valence-electron chi connectivity index (χ4n) is 3.36. The number of amides is 1. The first kappa shape index (κ1) is 17.5. The molecule has 8 heteroatoms. The van der Waals surface area contributed by atoms with Gasteiger partial charge in [0.25, 0.3) is 0 Å². The number of carbonyl (C=O) groups is 1. The molecule has 0 saturated heterocycles. The van der Waals surface area contributed by atoms with Crippen molar-refractivity contribution in [2.24, 2.45) is 0 Å². The number of anilines is 1. The molecule has 0 bridgehead atoms. The van der Waals surface area contributed by atoms with Gasteiger partial charge in [-0.25, -0.2) is 4.90 Å². The minimum Gasteiger partial charge on any atom is -0.460 e. The van der Waals surface area contributed by atoms with Crippen LogP contribution in [0.1, 0.15) is 31.7 Å². The maximum absolute atomic E-state index is 13.1. The summed E-state index contributed by atoms with van der Waals surface area (Å²) < 4.78 is 7.24. The fourth-order valence-corrected chi connectivity index (χ4v) is 3.73. The van der Waals surface area contributed by atoms with Crippen LogP contribution in [-0.2, 0) is 4.79 Å². The van der Waals surface area contributed by atoms with Crippen LogP contribution in [0.4, 0.5) is 5.69 Å². The van der Waals surface area contributed by atoms with Crippen LogP contribution in [0.2, 0.25) is 0 Å². The molecule has 0 saturated carbocycles. The molecule has 0 spiro atoms. The Labute approximate surface area is 160 Å². The van der Waals surface area contributed by atoms with E-state index in [9.17, 15) is 9.59 Å². The van der Waals surface area contributed by atoms with Gasteiger partial charge in [0.2, 0.25) is 11.1 Å². The maximum Gasteiger partial charge on any atom is 0.325 e. The van der Waals surface area contributed by atoms with E-state index in [2.05, 4.69) is 10.1 Å². The number of hydrogen-bond donors (Lipinski definition) is 1. The van der Waals surface area contributed by atoms with Gasteiger partial charge in [0.05, 0.1) is 17.5 Å². The Kier molecular flexibility index (Phi) is 4.57. The van der Waals surface area contributed by atoms with Crippen molar-refractivity contribution < 1.29 is 13.9 Å². The van der Waals surface area contributed by atoms with Gasteiger partial charge in [-0.2, -0.15) is 0 Å². The average molecular weight is 383 g/mol. The molecule has 27 heavy (non-hydrogen) atoms. The summed E-state index contributed by atoms with van der Waals surface area (Å²) in [6.07, 6.45) is 3.85. The van der Waals surface area contributed by atoms with E-state index in [0.717, 1.165) is 6.42 Å². The van der Waals surface area contributed by atoms with Crippen molar-refractivity contribution in [2.45, 2.75) is 31.1 Å². The second-order valence-electron chi connectivity index (χ2n) is 6.18. The van der Waals surface area contributed by atoms with Crippen LogP contribution in [0, 0.1) is 0 Å². The third-order valence-corrected chi connectivity index (χ3v) is 5.05. The summed E-state index contributed by atoms with van der Waals surface area (Å²) in [5.41, 5.74) is 1.51. The van der Waals surface area contributed by atoms with Crippen LogP contribution in [0.3, 0.4) is 0 Å². The lowest BCUT2D eigenvalue weighted by molar-refractivity contribution is -0.764. The lowest BCUT2D eigenvalue weighted by Crippen LogP contribution is -2.60. The van der Waals surface area contributed by atoms with Crippen LogP contribution in [0.25, 0.3) is 11.3 Å². The van der Waals surface area contributed by atoms with Crippen molar-refractivity contribution in [2.75, 3.05) is 11.2 Å². The normalized spacial score (nSPS) is 15.3. The lowest BCUT2D eigenvalue weighted by atomic mass is 10.0. The smallest absolute Gasteiger partial charge is 0.325 e. The van der Waals surface area contributed by atoms with Gasteiger partial charge >= 0.3 is 17.4 Å². The standard InChI is InChI=1S/C19H18N4O3S/c1-3-7-15(24)22-13-9-5-4-8-12(13)16-17(25)20-19(27-2)21-23(16)18(22)14-10-6-11-26-14/h4-6,8-11,18H,3,7H2,1-2H3/p+1. The number of thioether (sulfide) groups is 1. The summed E-state index contributed by atoms with van der Waals surface area (Å²) in [7, 11) is 0. The third-order valence-electron chi connectivity index (χ3n) is 4.48. The number of nitrogens with zero attached hydrogens (tertiary/aromatic N) is 3. The zero-order valence-electron chi connectivity index (χ0n) is 15.0. The van der Waals surface area contributed by atoms with Gasteiger partial charge < -0.3 is 4.42 Å². The zero-order valence-corrected chi connectivity index (χ0v) is 15.8. The summed E-state index contributed by atoms with van der Waals surface area (Å²) in [5.74, 6) is 0.502. The molecule has 0 aliphatic carbocycles. The number of fused-ring (bicyclic) bond motifs is 3. The first-order valence-electron chi connectivity index (χ1n) is 8.70. The molecule has 1 N–H and O–H groups in total. The highest BCUT2D eigenvalue weighted by molar-refractivity contribution is 7.98. The molecule has 1 aliphatic heterocycles. The second-order valence-corrected chi connectivity index (χ2v) is 6.97. The number of rotatable bonds is 4. The average Bonchev–Trinajstić information content (AvgIpc) is 3.20. The molecule has 1 aromatic carbocycles. The largest absolute Gasteiger partial charge is 0.460 e. The Bertz CT molecular complexity index is 1050. The number of carbonyl (C=O) groups excluding carboxylic acids is 1. The monoisotopic (exact) mass is 383 g/mol. The molecule has 138 valence electrons. The van der Waals surface area contributed by atoms with Gasteiger partial charge in [0.1, 0.15) is 0 Å². The number of furan rings is 1. The summed E-state index contributed by atoms with van der Waals surface area (Å²) in [6, 6.07) is 11.0. The molecule has 3 heterocycles. The number of aromatic nitrogens is 3. The van der Waals surface area contributed by atoms with Gasteiger partial charge in [-0.15, -0.1) is 0 Å². The zero-order chi connectivity index (χ0) is 19.0. The molecule has 4 rings (SSSR count). The van der Waals surface area contributed by atoms with Gasteiger partial charge in [0, 0.05) is 11.5 Å². The van der Waals surface area contributed by atoms with Crippen molar-refractivity contribution in [3.05, 3.63) is 58.8 Å². The van der Waals surface area contributed by atoms with Crippen molar-refractivity contribution in [1.29, 1.82) is 0 Å². The van der Waals surface area contributed by atoms with E-state index in [-0.39, 0.29) is 11.5 Å². The minimum atomic E-state index is -0.655. The van der Waals surface area contributed by atoms with Crippen molar-refractivity contribution in [3.8, 4) is 11.3 Å². The van der Waals surface area contributed by atoms with Crippen LogP contribution < -0.4 is 15.1 Å². The molecular formula is C19H19N4O3S+. The number of hydrogen-bond acceptors (Lipinski definition) is 5. The summed E-state index contributed by atoms with van der Waals surface area (Å²) in [5, 5.41) is 5.07. The van der Waals surface area contributed by atoms with Gasteiger partial charge in [-0.3, -0.25) is 14.6 Å². The summed E-state index contributed by atoms with van der Waals surface area (Å²) in [4.78, 5) is 30.4. The Hall–Kier alpha value is -2.87. The van der Waals surface area contributed by atoms with E-state index >= 15 is 0 Å². The van der Waals surface area contributed by atoms with Crippen molar-refractivity contribution >= 4 is 23.4 Å². The van der Waals surface area contributed by atoms with E-state index in [1.54, 1.807) is 28.0 Å². The number of aromatic amines is 1. The van der Waals surface area contributed by atoms with Gasteiger partial charge in [-0.05, 0) is 41.6 Å². The molecule has 0 radical (unpaired) electrons. The van der Waals surface area contributed by atoms with E-state index < -0.39 is 6.17 Å². The molecular weight excluding hydrogens is 364 g/mol. The summed E-state index contributed by atoms with van der Waals surface area (Å²) >= 11 is 1.33. The van der Waals surface area contributed by atoms with E-state index in [0.29, 0.717) is 34.3 Å². The Balaban J connectivity index is 2.05. The maximum atomic E-state index is 13.1. The second kappa shape index (κ2) is 7.03. The number of para-hydroxylation sites is 1. The van der Waals surface area contributed by atoms with Crippen molar-refractivity contribution in [3.63, 3.8) is 0 Å². The summed E-state index contributed by atoms with van der Waals surface area (Å²) in [6.45, 7) is 1.96. The SMILES string of the molecule is CCCC(=O)N1c2ccccc2-c2c(=O)[nH]c(SC)n[n+]2C1c1ccco1. The Morgan fingerprint density at radius 2 is 2.15 bits per heavy atom. The quantitative estimate of drug-likeness (QED) is 0.553. The highest BCUT2D eigenvalue weighted by Crippen LogP contribution is 2.37. The molecule has 2 aromatic heterocycles. The predicted octanol–water partition coefficient (Wildman–Crippen LogP) is 2.73. The highest BCUT2D eigenvalue weighted by atomic mass is 32.2. The van der Waals surface area contributed by atoms with E-state index in [1.165, 1.54) is 11.8 Å². The first-order valence-corrected chi connectivity index (χ1v) is 9.93. The lowest BCUT2D eigenvalue weighted by Gasteiger charge is -2.30. The van der Waals surface area contributed by atoms with Crippen LogP contribution >= 0.6 is 11.8 Å². The Morgan fingerprint density at radius 3 is 2.85 bits per heavy atom. The van der Waals surface area contributed by atoms with Crippen molar-refractivity contribution in [1.82, 2.24) is 10.1 Å². The van der Waals surface area contributed by atoms with Gasteiger partial charge in [-0.1, -0.05) is 30.8 Å². The third kappa shape index (κ3) is 2.86. The Morgan fingerprint density at radius 1 is 1.33 bits per heavy atom. The number of H-pyrrole nitrogens is 1. The van der Waals surface area contributed by atoms with Gasteiger partial charge in [0.15, 0.2) is 5.76 Å². The van der Waals surface area contributed by atoms with Crippen LogP contribution in [-0.4, -0.2) is 22.2 Å². The number of nitrogens with one attached hydrogen (secondary N) is 1. The molecule has 1 unspecified atom stereocenters. The predicted molar refractivity (Wildman–Crippen MR) is 102 cm³/mol. The minimum absolute atomic E-state index is 0.0442. The fraction of sp³-hybridized carbons (Fsp3) is 0.263. The molecule has 3 aromatic rings. The molecule has 1 atom stereocenters. The molecule has 1 amide bonds.